The predicted molar refractivity (Wildman–Crippen MR) is 146 cm³/mol. The molecule has 1 atom stereocenters. The monoisotopic (exact) mass is 602 g/mol. The van der Waals surface area contributed by atoms with Crippen molar-refractivity contribution in [2.75, 3.05) is 29.4 Å². The first kappa shape index (κ1) is 25.8. The van der Waals surface area contributed by atoms with Crippen molar-refractivity contribution in [1.29, 1.82) is 0 Å². The number of nitrogens with zero attached hydrogens (tertiary/aromatic N) is 2. The van der Waals surface area contributed by atoms with Gasteiger partial charge in [0.2, 0.25) is 0 Å². The lowest BCUT2D eigenvalue weighted by atomic mass is 9.89. The first-order chi connectivity index (χ1) is 17.7. The average molecular weight is 604 g/mol. The number of ether oxygens (including phenoxy) is 1. The van der Waals surface area contributed by atoms with E-state index in [1.807, 2.05) is 18.2 Å². The molecule has 0 spiro atoms. The summed E-state index contributed by atoms with van der Waals surface area (Å²) >= 11 is 9.88. The number of anilines is 2. The summed E-state index contributed by atoms with van der Waals surface area (Å²) in [5, 5.41) is 0.150. The van der Waals surface area contributed by atoms with Crippen LogP contribution < -0.4 is 9.21 Å². The number of methoxy groups -OCH3 is 1. The Morgan fingerprint density at radius 3 is 2.59 bits per heavy atom. The van der Waals surface area contributed by atoms with Gasteiger partial charge in [0, 0.05) is 23.2 Å². The summed E-state index contributed by atoms with van der Waals surface area (Å²) in [5.74, 6) is -1.32. The topological polar surface area (TPSA) is 84.0 Å². The minimum absolute atomic E-state index is 0.00238. The lowest BCUT2D eigenvalue weighted by molar-refractivity contribution is -0.142. The van der Waals surface area contributed by atoms with Gasteiger partial charge in [0.05, 0.1) is 34.2 Å². The molecule has 0 radical (unpaired) electrons. The van der Waals surface area contributed by atoms with E-state index in [0.29, 0.717) is 36.3 Å². The molecular formula is C27H24BrClN2O5S. The molecule has 192 valence electrons. The molecule has 1 amide bonds. The van der Waals surface area contributed by atoms with Gasteiger partial charge < -0.3 is 9.64 Å². The molecule has 3 aromatic rings. The highest BCUT2D eigenvalue weighted by atomic mass is 79.9. The number of carbonyl (C=O) groups is 2. The van der Waals surface area contributed by atoms with Gasteiger partial charge in [-0.25, -0.2) is 8.42 Å². The first-order valence-electron chi connectivity index (χ1n) is 11.8. The van der Waals surface area contributed by atoms with Crippen molar-refractivity contribution in [2.24, 2.45) is 0 Å². The average Bonchev–Trinajstić information content (AvgIpc) is 2.91. The summed E-state index contributed by atoms with van der Waals surface area (Å²) in [6.45, 7) is 0.606. The zero-order valence-corrected chi connectivity index (χ0v) is 23.1. The smallest absolute Gasteiger partial charge is 0.313 e. The largest absolute Gasteiger partial charge is 0.469 e. The molecule has 0 bridgehead atoms. The molecule has 10 heteroatoms. The number of fused-ring (bicyclic) bond motifs is 2. The molecule has 0 aromatic heterocycles. The minimum Gasteiger partial charge on any atom is -0.469 e. The standard InChI is InChI=1S/C27H24BrClN2O5S/c1-36-27(33)20-12-14-30(25-11-8-18(28)15-21(20)25)26(32)22-16-19(9-10-23(22)29)37(34,35)31-13-4-6-17-5-2-3-7-24(17)31/h2-3,5,7-11,15-16,20H,4,6,12-14H2,1H3. The van der Waals surface area contributed by atoms with Crippen molar-refractivity contribution in [3.8, 4) is 0 Å². The van der Waals surface area contributed by atoms with Gasteiger partial charge in [-0.3, -0.25) is 13.9 Å². The van der Waals surface area contributed by atoms with Gasteiger partial charge in [-0.1, -0.05) is 45.7 Å². The normalized spacial score (nSPS) is 17.1. The Bertz CT molecular complexity index is 1510. The van der Waals surface area contributed by atoms with E-state index in [1.54, 1.807) is 24.3 Å². The zero-order chi connectivity index (χ0) is 26.3. The predicted octanol–water partition coefficient (Wildman–Crippen LogP) is 5.55. The molecule has 2 aliphatic heterocycles. The van der Waals surface area contributed by atoms with Crippen molar-refractivity contribution in [2.45, 2.75) is 30.1 Å². The third-order valence-electron chi connectivity index (χ3n) is 6.85. The van der Waals surface area contributed by atoms with Crippen molar-refractivity contribution in [3.63, 3.8) is 0 Å². The number of hydrogen-bond acceptors (Lipinski definition) is 5. The molecule has 2 aliphatic rings. The zero-order valence-electron chi connectivity index (χ0n) is 20.0. The van der Waals surface area contributed by atoms with Gasteiger partial charge in [0.1, 0.15) is 0 Å². The van der Waals surface area contributed by atoms with E-state index in [9.17, 15) is 18.0 Å². The fourth-order valence-electron chi connectivity index (χ4n) is 5.03. The molecule has 0 fully saturated rings. The van der Waals surface area contributed by atoms with Gasteiger partial charge >= 0.3 is 5.97 Å². The summed E-state index contributed by atoms with van der Waals surface area (Å²) in [5.41, 5.74) is 2.92. The molecule has 7 nitrogen and oxygen atoms in total. The number of halogens is 2. The highest BCUT2D eigenvalue weighted by Gasteiger charge is 2.35. The minimum atomic E-state index is -3.93. The number of sulfonamides is 1. The molecule has 2 heterocycles. The third-order valence-corrected chi connectivity index (χ3v) is 9.48. The van der Waals surface area contributed by atoms with E-state index < -0.39 is 21.8 Å². The van der Waals surface area contributed by atoms with Crippen molar-refractivity contribution >= 4 is 60.8 Å². The lowest BCUT2D eigenvalue weighted by Gasteiger charge is -2.34. The Morgan fingerprint density at radius 2 is 1.81 bits per heavy atom. The summed E-state index contributed by atoms with van der Waals surface area (Å²) < 4.78 is 34.5. The van der Waals surface area contributed by atoms with Crippen LogP contribution in [0.4, 0.5) is 11.4 Å². The van der Waals surface area contributed by atoms with Crippen LogP contribution >= 0.6 is 27.5 Å². The SMILES string of the molecule is COC(=O)C1CCN(C(=O)c2cc(S(=O)(=O)N3CCCc4ccccc43)ccc2Cl)c2ccc(Br)cc21. The van der Waals surface area contributed by atoms with E-state index >= 15 is 0 Å². The maximum Gasteiger partial charge on any atom is 0.313 e. The van der Waals surface area contributed by atoms with Crippen LogP contribution in [0.2, 0.25) is 5.02 Å². The molecular weight excluding hydrogens is 580 g/mol. The molecule has 1 unspecified atom stereocenters. The number of amides is 1. The second kappa shape index (κ2) is 10.1. The Hall–Kier alpha value is -2.88. The number of rotatable bonds is 4. The fraction of sp³-hybridized carbons (Fsp3) is 0.259. The van der Waals surface area contributed by atoms with Crippen molar-refractivity contribution in [3.05, 3.63) is 86.8 Å². The van der Waals surface area contributed by atoms with Gasteiger partial charge in [-0.15, -0.1) is 0 Å². The number of esters is 1. The van der Waals surface area contributed by atoms with Gasteiger partial charge in [-0.2, -0.15) is 0 Å². The Labute approximate surface area is 229 Å². The quantitative estimate of drug-likeness (QED) is 0.365. The molecule has 5 rings (SSSR count). The van der Waals surface area contributed by atoms with Crippen LogP contribution in [-0.4, -0.2) is 40.5 Å². The van der Waals surface area contributed by atoms with Crippen LogP contribution in [0.25, 0.3) is 0 Å². The number of benzene rings is 3. The maximum absolute atomic E-state index is 13.8. The molecule has 0 N–H and O–H groups in total. The van der Waals surface area contributed by atoms with E-state index in [1.165, 1.54) is 34.5 Å². The van der Waals surface area contributed by atoms with Gasteiger partial charge in [0.15, 0.2) is 0 Å². The number of para-hydroxylation sites is 1. The van der Waals surface area contributed by atoms with Crippen molar-refractivity contribution < 1.29 is 22.7 Å². The summed E-state index contributed by atoms with van der Waals surface area (Å²) in [6, 6.07) is 17.0. The van der Waals surface area contributed by atoms with Crippen LogP contribution in [0.1, 0.15) is 40.2 Å². The van der Waals surface area contributed by atoms with Crippen LogP contribution in [0.3, 0.4) is 0 Å². The van der Waals surface area contributed by atoms with E-state index in [0.717, 1.165) is 16.5 Å². The van der Waals surface area contributed by atoms with Gasteiger partial charge in [0.25, 0.3) is 15.9 Å². The van der Waals surface area contributed by atoms with Crippen LogP contribution in [-0.2, 0) is 26.0 Å². The highest BCUT2D eigenvalue weighted by Crippen LogP contribution is 2.39. The number of aryl methyl sites for hydroxylation is 1. The molecule has 0 aliphatic carbocycles. The third kappa shape index (κ3) is 4.64. The first-order valence-corrected chi connectivity index (χ1v) is 14.4. The van der Waals surface area contributed by atoms with Crippen LogP contribution in [0, 0.1) is 0 Å². The highest BCUT2D eigenvalue weighted by molar-refractivity contribution is 9.10. The number of carbonyl (C=O) groups excluding carboxylic acids is 2. The fourth-order valence-corrected chi connectivity index (χ4v) is 7.18. The number of hydrogen-bond donors (Lipinski definition) is 0. The second-order valence-corrected chi connectivity index (χ2v) is 12.2. The molecule has 0 saturated heterocycles. The lowest BCUT2D eigenvalue weighted by Crippen LogP contribution is -2.39. The van der Waals surface area contributed by atoms with Crippen molar-refractivity contribution in [1.82, 2.24) is 0 Å². The Balaban J connectivity index is 1.53. The van der Waals surface area contributed by atoms with Crippen LogP contribution in [0.15, 0.2) is 70.0 Å². The Morgan fingerprint density at radius 1 is 1.03 bits per heavy atom. The van der Waals surface area contributed by atoms with E-state index in [4.69, 9.17) is 16.3 Å². The second-order valence-electron chi connectivity index (χ2n) is 8.98. The molecule has 3 aromatic carbocycles. The molecule has 0 saturated carbocycles. The Kier molecular flexibility index (Phi) is 7.04. The van der Waals surface area contributed by atoms with Crippen LogP contribution in [0.5, 0.6) is 0 Å². The van der Waals surface area contributed by atoms with E-state index in [-0.39, 0.29) is 28.0 Å². The summed E-state index contributed by atoms with van der Waals surface area (Å²) in [7, 11) is -2.59. The summed E-state index contributed by atoms with van der Waals surface area (Å²) in [6.07, 6.45) is 1.88. The summed E-state index contributed by atoms with van der Waals surface area (Å²) in [4.78, 5) is 27.7. The maximum atomic E-state index is 13.8. The van der Waals surface area contributed by atoms with E-state index in [2.05, 4.69) is 15.9 Å². The molecule has 37 heavy (non-hydrogen) atoms. The van der Waals surface area contributed by atoms with Gasteiger partial charge in [-0.05, 0) is 72.9 Å².